The topological polar surface area (TPSA) is 64.6 Å². The molecule has 2 rings (SSSR count). The molecule has 0 fully saturated rings. The predicted molar refractivity (Wildman–Crippen MR) is 92.5 cm³/mol. The second kappa shape index (κ2) is 8.69. The molecular weight excluding hydrogens is 372 g/mol. The summed E-state index contributed by atoms with van der Waals surface area (Å²) in [6.07, 6.45) is -1.08. The Balaban J connectivity index is 1.83. The first kappa shape index (κ1) is 19.0. The van der Waals surface area contributed by atoms with Crippen LogP contribution in [0.15, 0.2) is 42.5 Å². The number of amides is 1. The van der Waals surface area contributed by atoms with Crippen LogP contribution in [0.3, 0.4) is 0 Å². The highest BCUT2D eigenvalue weighted by atomic mass is 35.5. The van der Waals surface area contributed by atoms with Gasteiger partial charge in [0.15, 0.2) is 12.7 Å². The minimum Gasteiger partial charge on any atom is -0.480 e. The van der Waals surface area contributed by atoms with Crippen molar-refractivity contribution in [2.45, 2.75) is 13.0 Å². The molecule has 0 saturated carbocycles. The molecule has 1 atom stereocenters. The van der Waals surface area contributed by atoms with Gasteiger partial charge in [0.1, 0.15) is 11.6 Å². The molecule has 5 nitrogen and oxygen atoms in total. The third-order valence-electron chi connectivity index (χ3n) is 3.01. The molecule has 0 radical (unpaired) electrons. The van der Waals surface area contributed by atoms with Crippen molar-refractivity contribution in [2.24, 2.45) is 0 Å². The van der Waals surface area contributed by atoms with Crippen molar-refractivity contribution in [1.82, 2.24) is 0 Å². The number of anilines is 1. The predicted octanol–water partition coefficient (Wildman–Crippen LogP) is 4.08. The van der Waals surface area contributed by atoms with Crippen molar-refractivity contribution in [1.29, 1.82) is 0 Å². The average Bonchev–Trinajstić information content (AvgIpc) is 2.54. The van der Waals surface area contributed by atoms with Gasteiger partial charge in [-0.2, -0.15) is 0 Å². The van der Waals surface area contributed by atoms with Crippen LogP contribution in [0.1, 0.15) is 6.92 Å². The Labute approximate surface area is 153 Å². The molecule has 2 aromatic carbocycles. The van der Waals surface area contributed by atoms with Gasteiger partial charge in [-0.15, -0.1) is 0 Å². The van der Waals surface area contributed by atoms with Gasteiger partial charge in [-0.05, 0) is 43.3 Å². The Kier molecular flexibility index (Phi) is 6.61. The molecule has 132 valence electrons. The van der Waals surface area contributed by atoms with Crippen molar-refractivity contribution >= 4 is 40.8 Å². The SMILES string of the molecule is CC(OC(=O)COc1ccc(Cl)cc1Cl)C(=O)Nc1cccc(F)c1. The maximum atomic E-state index is 13.1. The molecule has 2 aromatic rings. The van der Waals surface area contributed by atoms with Crippen molar-refractivity contribution in [2.75, 3.05) is 11.9 Å². The molecule has 8 heteroatoms. The molecule has 0 aliphatic carbocycles. The normalized spacial score (nSPS) is 11.5. The summed E-state index contributed by atoms with van der Waals surface area (Å²) in [4.78, 5) is 23.7. The third kappa shape index (κ3) is 5.92. The monoisotopic (exact) mass is 385 g/mol. The van der Waals surface area contributed by atoms with Crippen molar-refractivity contribution < 1.29 is 23.5 Å². The standard InChI is InChI=1S/C17H14Cl2FNO4/c1-10(17(23)21-13-4-2-3-12(20)8-13)25-16(22)9-24-15-6-5-11(18)7-14(15)19/h2-8,10H,9H2,1H3,(H,21,23). The van der Waals surface area contributed by atoms with E-state index in [0.29, 0.717) is 5.02 Å². The first-order chi connectivity index (χ1) is 11.8. The summed E-state index contributed by atoms with van der Waals surface area (Å²) in [5.41, 5.74) is 0.261. The molecule has 0 aliphatic rings. The van der Waals surface area contributed by atoms with Crippen LogP contribution in [-0.2, 0) is 14.3 Å². The van der Waals surface area contributed by atoms with Gasteiger partial charge in [0.2, 0.25) is 0 Å². The summed E-state index contributed by atoms with van der Waals surface area (Å²) in [5, 5.41) is 3.12. The van der Waals surface area contributed by atoms with E-state index in [1.165, 1.54) is 37.3 Å². The molecule has 1 amide bonds. The van der Waals surface area contributed by atoms with Crippen LogP contribution in [0.4, 0.5) is 10.1 Å². The summed E-state index contributed by atoms with van der Waals surface area (Å²) in [6, 6.07) is 9.91. The molecule has 0 spiro atoms. The van der Waals surface area contributed by atoms with Crippen LogP contribution in [0.5, 0.6) is 5.75 Å². The summed E-state index contributed by atoms with van der Waals surface area (Å²) < 4.78 is 23.3. The zero-order valence-electron chi connectivity index (χ0n) is 13.1. The van der Waals surface area contributed by atoms with Crippen LogP contribution in [-0.4, -0.2) is 24.6 Å². The van der Waals surface area contributed by atoms with Crippen molar-refractivity contribution in [3.05, 3.63) is 58.3 Å². The van der Waals surface area contributed by atoms with Gasteiger partial charge in [0.05, 0.1) is 5.02 Å². The molecule has 1 N–H and O–H groups in total. The number of benzene rings is 2. The first-order valence-corrected chi connectivity index (χ1v) is 7.94. The zero-order chi connectivity index (χ0) is 18.4. The lowest BCUT2D eigenvalue weighted by Crippen LogP contribution is -2.31. The number of carbonyl (C=O) groups excluding carboxylic acids is 2. The van der Waals surface area contributed by atoms with Gasteiger partial charge in [-0.1, -0.05) is 29.3 Å². The number of esters is 1. The van der Waals surface area contributed by atoms with E-state index in [1.807, 2.05) is 0 Å². The van der Waals surface area contributed by atoms with Gasteiger partial charge >= 0.3 is 5.97 Å². The highest BCUT2D eigenvalue weighted by Crippen LogP contribution is 2.27. The summed E-state index contributed by atoms with van der Waals surface area (Å²) >= 11 is 11.7. The molecule has 0 aromatic heterocycles. The highest BCUT2D eigenvalue weighted by molar-refractivity contribution is 6.35. The lowest BCUT2D eigenvalue weighted by Gasteiger charge is -2.14. The van der Waals surface area contributed by atoms with E-state index in [2.05, 4.69) is 5.32 Å². The van der Waals surface area contributed by atoms with E-state index in [0.717, 1.165) is 6.07 Å². The maximum Gasteiger partial charge on any atom is 0.344 e. The Morgan fingerprint density at radius 2 is 1.96 bits per heavy atom. The molecule has 1 unspecified atom stereocenters. The molecule has 0 bridgehead atoms. The van der Waals surface area contributed by atoms with Crippen LogP contribution >= 0.6 is 23.2 Å². The lowest BCUT2D eigenvalue weighted by atomic mass is 10.3. The fourth-order valence-electron chi connectivity index (χ4n) is 1.82. The molecule has 25 heavy (non-hydrogen) atoms. The lowest BCUT2D eigenvalue weighted by molar-refractivity contribution is -0.155. The Bertz CT molecular complexity index is 785. The molecule has 0 heterocycles. The van der Waals surface area contributed by atoms with E-state index in [1.54, 1.807) is 6.07 Å². The van der Waals surface area contributed by atoms with Gasteiger partial charge in [0, 0.05) is 10.7 Å². The van der Waals surface area contributed by atoms with E-state index in [9.17, 15) is 14.0 Å². The number of hydrogen-bond donors (Lipinski definition) is 1. The van der Waals surface area contributed by atoms with Crippen LogP contribution in [0.2, 0.25) is 10.0 Å². The maximum absolute atomic E-state index is 13.1. The van der Waals surface area contributed by atoms with Crippen LogP contribution in [0, 0.1) is 5.82 Å². The minimum absolute atomic E-state index is 0.247. The number of nitrogens with one attached hydrogen (secondary N) is 1. The second-order valence-electron chi connectivity index (χ2n) is 5.00. The number of hydrogen-bond acceptors (Lipinski definition) is 4. The summed E-state index contributed by atoms with van der Waals surface area (Å²) in [5.74, 6) is -1.58. The molecule has 0 aliphatic heterocycles. The fourth-order valence-corrected chi connectivity index (χ4v) is 2.29. The first-order valence-electron chi connectivity index (χ1n) is 7.19. The highest BCUT2D eigenvalue weighted by Gasteiger charge is 2.18. The Hall–Kier alpha value is -2.31. The fraction of sp³-hybridized carbons (Fsp3) is 0.176. The van der Waals surface area contributed by atoms with Crippen molar-refractivity contribution in [3.63, 3.8) is 0 Å². The summed E-state index contributed by atoms with van der Waals surface area (Å²) in [6.45, 7) is 0.959. The Morgan fingerprint density at radius 1 is 1.20 bits per heavy atom. The van der Waals surface area contributed by atoms with Gasteiger partial charge < -0.3 is 14.8 Å². The van der Waals surface area contributed by atoms with Gasteiger partial charge in [0.25, 0.3) is 5.91 Å². The Morgan fingerprint density at radius 3 is 2.64 bits per heavy atom. The number of halogens is 3. The van der Waals surface area contributed by atoms with E-state index >= 15 is 0 Å². The van der Waals surface area contributed by atoms with Crippen LogP contribution in [0.25, 0.3) is 0 Å². The van der Waals surface area contributed by atoms with E-state index in [-0.39, 0.29) is 16.5 Å². The van der Waals surface area contributed by atoms with E-state index < -0.39 is 30.4 Å². The number of rotatable bonds is 6. The second-order valence-corrected chi connectivity index (χ2v) is 5.84. The third-order valence-corrected chi connectivity index (χ3v) is 3.54. The smallest absolute Gasteiger partial charge is 0.344 e. The number of ether oxygens (including phenoxy) is 2. The van der Waals surface area contributed by atoms with Crippen LogP contribution < -0.4 is 10.1 Å². The minimum atomic E-state index is -1.08. The zero-order valence-corrected chi connectivity index (χ0v) is 14.6. The average molecular weight is 386 g/mol. The van der Waals surface area contributed by atoms with E-state index in [4.69, 9.17) is 32.7 Å². The molecular formula is C17H14Cl2FNO4. The van der Waals surface area contributed by atoms with Gasteiger partial charge in [-0.3, -0.25) is 4.79 Å². The van der Waals surface area contributed by atoms with Crippen molar-refractivity contribution in [3.8, 4) is 5.75 Å². The summed E-state index contributed by atoms with van der Waals surface area (Å²) in [7, 11) is 0. The number of carbonyl (C=O) groups is 2. The molecule has 0 saturated heterocycles. The quantitative estimate of drug-likeness (QED) is 0.760. The largest absolute Gasteiger partial charge is 0.480 e. The van der Waals surface area contributed by atoms with Gasteiger partial charge in [-0.25, -0.2) is 9.18 Å².